The van der Waals surface area contributed by atoms with Gasteiger partial charge in [-0.2, -0.15) is 0 Å². The number of hydrogen-bond donors (Lipinski definition) is 2. The Kier molecular flexibility index (Phi) is 8.77. The second-order valence-corrected chi connectivity index (χ2v) is 12.3. The molecular weight excluding hydrogens is 462 g/mol. The fourth-order valence-corrected chi connectivity index (χ4v) is 5.86. The number of aliphatic hydroxyl groups excluding tert-OH is 2. The summed E-state index contributed by atoms with van der Waals surface area (Å²) in [5.74, 6) is -0.544. The van der Waals surface area contributed by atoms with E-state index >= 15 is 0 Å². The van der Waals surface area contributed by atoms with Crippen molar-refractivity contribution in [3.8, 4) is 0 Å². The number of Topliss-reactive ketones (excluding diaryl/α,β-unsaturated/α-hetero) is 1. The number of cyclic esters (lactones) is 1. The van der Waals surface area contributed by atoms with Crippen LogP contribution in [-0.4, -0.2) is 45.3 Å². The zero-order valence-electron chi connectivity index (χ0n) is 22.1. The lowest BCUT2D eigenvalue weighted by Gasteiger charge is -2.34. The highest BCUT2D eigenvalue weighted by Crippen LogP contribution is 2.50. The number of esters is 1. The first-order chi connectivity index (χ1) is 16.3. The van der Waals surface area contributed by atoms with Crippen molar-refractivity contribution in [3.63, 3.8) is 0 Å². The second-order valence-electron chi connectivity index (χ2n) is 11.3. The number of allylic oxidation sites excluding steroid dienone is 1. The van der Waals surface area contributed by atoms with Crippen LogP contribution in [0.15, 0.2) is 22.6 Å². The van der Waals surface area contributed by atoms with E-state index in [4.69, 9.17) is 4.74 Å². The monoisotopic (exact) mass is 503 g/mol. The molecule has 0 bridgehead atoms. The van der Waals surface area contributed by atoms with Crippen LogP contribution in [0.25, 0.3) is 6.08 Å². The second kappa shape index (κ2) is 11.1. The number of fused-ring (bicyclic) bond motifs is 1. The van der Waals surface area contributed by atoms with Gasteiger partial charge in [0.2, 0.25) is 0 Å². The first-order valence-electron chi connectivity index (χ1n) is 12.7. The smallest absolute Gasteiger partial charge is 0.309 e. The lowest BCUT2D eigenvalue weighted by Crippen LogP contribution is -2.46. The fraction of sp³-hybridized carbons (Fsp3) is 0.679. The van der Waals surface area contributed by atoms with E-state index in [1.807, 2.05) is 32.2 Å². The van der Waals surface area contributed by atoms with Crippen molar-refractivity contribution in [2.75, 3.05) is 0 Å². The first kappa shape index (κ1) is 27.8. The Hall–Kier alpha value is -1.83. The van der Waals surface area contributed by atoms with Crippen LogP contribution in [0, 0.1) is 36.0 Å². The summed E-state index contributed by atoms with van der Waals surface area (Å²) >= 11 is 1.57. The fourth-order valence-electron chi connectivity index (χ4n) is 5.29. The normalized spacial score (nSPS) is 36.7. The first-order valence-corrected chi connectivity index (χ1v) is 13.5. The minimum absolute atomic E-state index is 0.00272. The summed E-state index contributed by atoms with van der Waals surface area (Å²) in [4.78, 5) is 30.7. The van der Waals surface area contributed by atoms with Gasteiger partial charge < -0.3 is 14.9 Å². The summed E-state index contributed by atoms with van der Waals surface area (Å²) < 4.78 is 5.84. The van der Waals surface area contributed by atoms with Crippen LogP contribution >= 0.6 is 11.3 Å². The number of aliphatic hydroxyl groups is 2. The molecule has 6 nitrogen and oxygen atoms in total. The van der Waals surface area contributed by atoms with E-state index in [2.05, 4.69) is 18.0 Å². The molecule has 1 saturated carbocycles. The van der Waals surface area contributed by atoms with Gasteiger partial charge in [-0.05, 0) is 63.0 Å². The van der Waals surface area contributed by atoms with Crippen molar-refractivity contribution in [1.29, 1.82) is 0 Å². The number of aromatic nitrogens is 1. The van der Waals surface area contributed by atoms with E-state index in [0.29, 0.717) is 18.3 Å². The van der Waals surface area contributed by atoms with Gasteiger partial charge in [-0.3, -0.25) is 9.59 Å². The Morgan fingerprint density at radius 1 is 1.20 bits per heavy atom. The quantitative estimate of drug-likeness (QED) is 0.429. The van der Waals surface area contributed by atoms with Crippen LogP contribution in [0.2, 0.25) is 0 Å². The molecule has 0 saturated heterocycles. The molecule has 0 amide bonds. The number of aryl methyl sites for hydroxylation is 1. The van der Waals surface area contributed by atoms with Crippen LogP contribution < -0.4 is 0 Å². The highest BCUT2D eigenvalue weighted by Gasteiger charge is 2.47. The molecule has 2 aliphatic rings. The third-order valence-corrected chi connectivity index (χ3v) is 8.80. The average molecular weight is 504 g/mol. The lowest BCUT2D eigenvalue weighted by atomic mass is 9.72. The van der Waals surface area contributed by atoms with Crippen molar-refractivity contribution >= 4 is 29.2 Å². The Morgan fingerprint density at radius 2 is 1.89 bits per heavy atom. The largest absolute Gasteiger partial charge is 0.457 e. The highest BCUT2D eigenvalue weighted by molar-refractivity contribution is 7.09. The molecule has 1 aromatic heterocycles. The molecule has 1 aliphatic carbocycles. The molecule has 0 radical (unpaired) electrons. The Labute approximate surface area is 213 Å². The molecule has 2 heterocycles. The predicted octanol–water partition coefficient (Wildman–Crippen LogP) is 5.12. The topological polar surface area (TPSA) is 96.7 Å². The molecule has 2 unspecified atom stereocenters. The van der Waals surface area contributed by atoms with Crippen LogP contribution in [0.1, 0.15) is 77.9 Å². The molecule has 1 aliphatic heterocycles. The van der Waals surface area contributed by atoms with Crippen molar-refractivity contribution < 1.29 is 24.5 Å². The Balaban J connectivity index is 1.89. The SMILES string of the molecule is CC(=Cc1csc(C)n1)[C@H]1C/C=C(/C)CC2CC2[C@H](C)[C@@H](O)[C@@H](C)C(=O)C(C)(C)[C@@H](O)CC(=O)O1. The van der Waals surface area contributed by atoms with Crippen molar-refractivity contribution in [3.05, 3.63) is 33.3 Å². The third kappa shape index (κ3) is 6.69. The molecule has 0 aromatic carbocycles. The average Bonchev–Trinajstić information content (AvgIpc) is 3.43. The van der Waals surface area contributed by atoms with E-state index < -0.39 is 35.6 Å². The summed E-state index contributed by atoms with van der Waals surface area (Å²) in [6.45, 7) is 13.0. The van der Waals surface area contributed by atoms with Gasteiger partial charge in [0, 0.05) is 17.7 Å². The maximum atomic E-state index is 13.3. The maximum absolute atomic E-state index is 13.3. The summed E-state index contributed by atoms with van der Waals surface area (Å²) in [6, 6.07) is 0. The number of ketones is 1. The lowest BCUT2D eigenvalue weighted by molar-refractivity contribution is -0.154. The highest BCUT2D eigenvalue weighted by atomic mass is 32.1. The van der Waals surface area contributed by atoms with Crippen LogP contribution in [0.3, 0.4) is 0 Å². The molecule has 0 spiro atoms. The Morgan fingerprint density at radius 3 is 2.51 bits per heavy atom. The van der Waals surface area contributed by atoms with Crippen molar-refractivity contribution in [2.45, 2.75) is 92.5 Å². The summed E-state index contributed by atoms with van der Waals surface area (Å²) in [5.41, 5.74) is 1.76. The van der Waals surface area contributed by atoms with Gasteiger partial charge in [0.25, 0.3) is 0 Å². The maximum Gasteiger partial charge on any atom is 0.309 e. The van der Waals surface area contributed by atoms with Gasteiger partial charge in [0.05, 0.1) is 34.7 Å². The number of hydrogen-bond acceptors (Lipinski definition) is 7. The Bertz CT molecular complexity index is 993. The van der Waals surface area contributed by atoms with Gasteiger partial charge in [-0.25, -0.2) is 4.98 Å². The van der Waals surface area contributed by atoms with Crippen LogP contribution in [0.4, 0.5) is 0 Å². The van der Waals surface area contributed by atoms with Gasteiger partial charge in [0.1, 0.15) is 11.9 Å². The van der Waals surface area contributed by atoms with Gasteiger partial charge in [-0.1, -0.05) is 39.3 Å². The molecule has 194 valence electrons. The number of thiazole rings is 1. The number of nitrogens with zero attached hydrogens (tertiary/aromatic N) is 1. The van der Waals surface area contributed by atoms with E-state index in [0.717, 1.165) is 29.1 Å². The van der Waals surface area contributed by atoms with Crippen molar-refractivity contribution in [2.24, 2.45) is 29.1 Å². The van der Waals surface area contributed by atoms with E-state index in [-0.39, 0.29) is 18.1 Å². The molecular formula is C28H41NO5S. The molecule has 1 fully saturated rings. The molecule has 3 rings (SSSR count). The molecule has 1 aromatic rings. The zero-order chi connectivity index (χ0) is 26.1. The summed E-state index contributed by atoms with van der Waals surface area (Å²) in [5, 5.41) is 24.8. The van der Waals surface area contributed by atoms with Gasteiger partial charge in [-0.15, -0.1) is 11.3 Å². The molecule has 7 heteroatoms. The minimum Gasteiger partial charge on any atom is -0.457 e. The summed E-state index contributed by atoms with van der Waals surface area (Å²) in [6.07, 6.45) is 3.83. The number of carbonyl (C=O) groups excluding carboxylic acids is 2. The third-order valence-electron chi connectivity index (χ3n) is 8.00. The molecule has 2 N–H and O–H groups in total. The molecule has 7 atom stereocenters. The number of ether oxygens (including phenoxy) is 1. The number of rotatable bonds is 2. The molecule has 35 heavy (non-hydrogen) atoms. The predicted molar refractivity (Wildman–Crippen MR) is 139 cm³/mol. The van der Waals surface area contributed by atoms with E-state index in [1.165, 1.54) is 5.57 Å². The van der Waals surface area contributed by atoms with E-state index in [9.17, 15) is 19.8 Å². The minimum atomic E-state index is -1.21. The standard InChI is InChI=1S/C28H41NO5S/c1-15-8-9-23(16(2)11-21-14-35-19(5)29-21)34-25(31)13-24(30)28(6,7)27(33)18(4)26(32)17(3)22-12-20(22)10-15/h8,11,14,17-18,20,22-24,26,30,32H,9-10,12-13H2,1-7H3/b15-8-,16-11?/t17-,18+,20?,22?,23+,24-,26+/m0/s1. The van der Waals surface area contributed by atoms with Crippen LogP contribution in [-0.2, 0) is 14.3 Å². The van der Waals surface area contributed by atoms with E-state index in [1.54, 1.807) is 32.1 Å². The van der Waals surface area contributed by atoms with Crippen molar-refractivity contribution in [1.82, 2.24) is 4.98 Å². The van der Waals surface area contributed by atoms with Gasteiger partial charge >= 0.3 is 5.97 Å². The zero-order valence-corrected chi connectivity index (χ0v) is 22.9. The summed E-state index contributed by atoms with van der Waals surface area (Å²) in [7, 11) is 0. The number of carbonyl (C=O) groups is 2. The van der Waals surface area contributed by atoms with Gasteiger partial charge in [0.15, 0.2) is 0 Å². The van der Waals surface area contributed by atoms with Crippen LogP contribution in [0.5, 0.6) is 0 Å².